The fraction of sp³-hybridized carbons (Fsp3) is 0.148. The van der Waals surface area contributed by atoms with E-state index in [1.807, 2.05) is 35.7 Å². The van der Waals surface area contributed by atoms with Crippen molar-refractivity contribution in [2.45, 2.75) is 13.1 Å². The number of benzene rings is 2. The van der Waals surface area contributed by atoms with E-state index in [0.717, 1.165) is 4.47 Å². The summed E-state index contributed by atoms with van der Waals surface area (Å²) in [7, 11) is 3.84. The maximum absolute atomic E-state index is 13.5. The summed E-state index contributed by atoms with van der Waals surface area (Å²) < 4.78 is 2.59. The van der Waals surface area contributed by atoms with Gasteiger partial charge in [-0.05, 0) is 56.6 Å². The van der Waals surface area contributed by atoms with Gasteiger partial charge in [-0.3, -0.25) is 28.8 Å². The Morgan fingerprint density at radius 1 is 0.944 bits per heavy atom. The van der Waals surface area contributed by atoms with E-state index < -0.39 is 0 Å². The summed E-state index contributed by atoms with van der Waals surface area (Å²) in [6.45, 7) is 0.495. The fourth-order valence-corrected chi connectivity index (χ4v) is 4.66. The largest absolute Gasteiger partial charge is 0.302 e. The van der Waals surface area contributed by atoms with Crippen molar-refractivity contribution in [3.05, 3.63) is 111 Å². The molecular formula is C27H22BrN5O3. The van der Waals surface area contributed by atoms with Crippen LogP contribution in [0.5, 0.6) is 0 Å². The molecule has 2 aromatic carbocycles. The maximum atomic E-state index is 13.5. The number of pyridine rings is 1. The van der Waals surface area contributed by atoms with E-state index in [0.29, 0.717) is 46.1 Å². The predicted octanol–water partition coefficient (Wildman–Crippen LogP) is 4.12. The van der Waals surface area contributed by atoms with Gasteiger partial charge in [-0.15, -0.1) is 0 Å². The summed E-state index contributed by atoms with van der Waals surface area (Å²) >= 11 is 3.48. The van der Waals surface area contributed by atoms with Crippen LogP contribution in [0.3, 0.4) is 0 Å². The molecule has 1 aliphatic heterocycles. The molecule has 0 unspecified atom stereocenters. The van der Waals surface area contributed by atoms with Gasteiger partial charge in [0.15, 0.2) is 0 Å². The second-order valence-electron chi connectivity index (χ2n) is 8.69. The van der Waals surface area contributed by atoms with Crippen molar-refractivity contribution in [3.8, 4) is 5.69 Å². The van der Waals surface area contributed by atoms with Gasteiger partial charge in [0.05, 0.1) is 41.8 Å². The first-order valence-electron chi connectivity index (χ1n) is 11.3. The lowest BCUT2D eigenvalue weighted by Gasteiger charge is -2.20. The Labute approximate surface area is 216 Å². The summed E-state index contributed by atoms with van der Waals surface area (Å²) in [5.41, 5.74) is 2.71. The van der Waals surface area contributed by atoms with Crippen molar-refractivity contribution in [3.63, 3.8) is 0 Å². The van der Waals surface area contributed by atoms with E-state index in [1.165, 1.54) is 4.90 Å². The third-order valence-electron chi connectivity index (χ3n) is 5.91. The highest BCUT2D eigenvalue weighted by Crippen LogP contribution is 2.29. The number of hydrogen-bond donors (Lipinski definition) is 0. The first kappa shape index (κ1) is 23.8. The zero-order chi connectivity index (χ0) is 25.4. The minimum absolute atomic E-state index is 0.0139. The number of nitrogens with zero attached hydrogens (tertiary/aromatic N) is 5. The highest BCUT2D eigenvalue weighted by molar-refractivity contribution is 9.10. The van der Waals surface area contributed by atoms with Gasteiger partial charge in [0, 0.05) is 16.2 Å². The van der Waals surface area contributed by atoms with E-state index in [1.54, 1.807) is 60.9 Å². The van der Waals surface area contributed by atoms with Gasteiger partial charge in [-0.25, -0.2) is 4.98 Å². The van der Waals surface area contributed by atoms with Crippen LogP contribution >= 0.6 is 15.9 Å². The summed E-state index contributed by atoms with van der Waals surface area (Å²) in [5, 5.41) is 0. The van der Waals surface area contributed by atoms with Crippen LogP contribution in [0.1, 0.15) is 48.3 Å². The Morgan fingerprint density at radius 3 is 2.28 bits per heavy atom. The predicted molar refractivity (Wildman–Crippen MR) is 137 cm³/mol. The average molecular weight is 544 g/mol. The van der Waals surface area contributed by atoms with Crippen LogP contribution in [0, 0.1) is 0 Å². The second kappa shape index (κ2) is 9.60. The number of ketones is 1. The normalized spacial score (nSPS) is 12.9. The number of carbonyl (C=O) groups is 3. The molecule has 2 aromatic heterocycles. The Morgan fingerprint density at radius 2 is 1.64 bits per heavy atom. The van der Waals surface area contributed by atoms with Gasteiger partial charge < -0.3 is 4.90 Å². The van der Waals surface area contributed by atoms with Crippen LogP contribution in [0.4, 0.5) is 0 Å². The van der Waals surface area contributed by atoms with Crippen LogP contribution in [-0.4, -0.2) is 56.0 Å². The molecule has 0 spiro atoms. The SMILES string of the molecule is CN(C)Cc1ncc(CN2C(=O)c3ccccc3C2=O)n1-c1ccc(Br)cc1C(=O)c1ccccn1. The van der Waals surface area contributed by atoms with Crippen molar-refractivity contribution >= 4 is 33.5 Å². The number of imide groups is 1. The van der Waals surface area contributed by atoms with Crippen molar-refractivity contribution in [2.75, 3.05) is 14.1 Å². The number of carbonyl (C=O) groups excluding carboxylic acids is 3. The summed E-state index contributed by atoms with van der Waals surface area (Å²) in [6, 6.07) is 17.4. The number of hydrogen-bond acceptors (Lipinski definition) is 6. The van der Waals surface area contributed by atoms with E-state index in [4.69, 9.17) is 0 Å². The molecule has 5 rings (SSSR count). The molecule has 0 N–H and O–H groups in total. The molecule has 1 aliphatic rings. The van der Waals surface area contributed by atoms with Gasteiger partial charge >= 0.3 is 0 Å². The van der Waals surface area contributed by atoms with Crippen LogP contribution in [0.15, 0.2) is 77.5 Å². The number of imidazole rings is 1. The molecule has 180 valence electrons. The maximum Gasteiger partial charge on any atom is 0.261 e. The van der Waals surface area contributed by atoms with Crippen LogP contribution < -0.4 is 0 Å². The van der Waals surface area contributed by atoms with E-state index >= 15 is 0 Å². The lowest BCUT2D eigenvalue weighted by Crippen LogP contribution is -2.30. The Hall–Kier alpha value is -3.95. The lowest BCUT2D eigenvalue weighted by atomic mass is 10.0. The van der Waals surface area contributed by atoms with Gasteiger partial charge in [0.25, 0.3) is 11.8 Å². The number of amides is 2. The van der Waals surface area contributed by atoms with Gasteiger partial charge in [-0.1, -0.05) is 34.1 Å². The molecule has 0 radical (unpaired) electrons. The summed E-state index contributed by atoms with van der Waals surface area (Å²) in [4.78, 5) is 51.6. The molecule has 2 amide bonds. The van der Waals surface area contributed by atoms with Crippen LogP contribution in [0.25, 0.3) is 5.69 Å². The highest BCUT2D eigenvalue weighted by atomic mass is 79.9. The minimum atomic E-state index is -0.349. The first-order chi connectivity index (χ1) is 17.3. The molecule has 0 saturated heterocycles. The summed E-state index contributed by atoms with van der Waals surface area (Å²) in [5.74, 6) is -0.275. The molecule has 0 saturated carbocycles. The van der Waals surface area contributed by atoms with E-state index in [9.17, 15) is 14.4 Å². The molecule has 36 heavy (non-hydrogen) atoms. The number of aromatic nitrogens is 3. The number of halogens is 1. The standard InChI is InChI=1S/C27H22BrN5O3/c1-31(2)16-24-30-14-18(15-32-26(35)19-7-3-4-8-20(19)27(32)36)33(24)23-11-10-17(28)13-21(23)25(34)22-9-5-6-12-29-22/h3-14H,15-16H2,1-2H3. The molecule has 0 bridgehead atoms. The molecule has 9 heteroatoms. The van der Waals surface area contributed by atoms with E-state index in [-0.39, 0.29) is 24.1 Å². The van der Waals surface area contributed by atoms with Crippen molar-refractivity contribution in [1.82, 2.24) is 24.3 Å². The molecular weight excluding hydrogens is 522 g/mol. The quantitative estimate of drug-likeness (QED) is 0.257. The van der Waals surface area contributed by atoms with Gasteiger partial charge in [-0.2, -0.15) is 0 Å². The third-order valence-corrected chi connectivity index (χ3v) is 6.40. The van der Waals surface area contributed by atoms with Crippen molar-refractivity contribution in [2.24, 2.45) is 0 Å². The monoisotopic (exact) mass is 543 g/mol. The van der Waals surface area contributed by atoms with Crippen LogP contribution in [0.2, 0.25) is 0 Å². The zero-order valence-electron chi connectivity index (χ0n) is 19.7. The molecule has 0 fully saturated rings. The molecule has 8 nitrogen and oxygen atoms in total. The highest BCUT2D eigenvalue weighted by Gasteiger charge is 2.36. The van der Waals surface area contributed by atoms with Crippen LogP contribution in [-0.2, 0) is 13.1 Å². The zero-order valence-corrected chi connectivity index (χ0v) is 21.3. The van der Waals surface area contributed by atoms with Gasteiger partial charge in [0.2, 0.25) is 5.78 Å². The number of fused-ring (bicyclic) bond motifs is 1. The van der Waals surface area contributed by atoms with Gasteiger partial charge in [0.1, 0.15) is 11.5 Å². The minimum Gasteiger partial charge on any atom is -0.302 e. The Bertz CT molecular complexity index is 1460. The Balaban J connectivity index is 1.62. The smallest absolute Gasteiger partial charge is 0.261 e. The average Bonchev–Trinajstić information content (AvgIpc) is 3.37. The topological polar surface area (TPSA) is 88.4 Å². The molecule has 3 heterocycles. The number of rotatable bonds is 7. The second-order valence-corrected chi connectivity index (χ2v) is 9.60. The van der Waals surface area contributed by atoms with Crippen molar-refractivity contribution < 1.29 is 14.4 Å². The fourth-order valence-electron chi connectivity index (χ4n) is 4.29. The van der Waals surface area contributed by atoms with E-state index in [2.05, 4.69) is 25.9 Å². The molecule has 4 aromatic rings. The molecule has 0 aliphatic carbocycles. The lowest BCUT2D eigenvalue weighted by molar-refractivity contribution is 0.0639. The first-order valence-corrected chi connectivity index (χ1v) is 12.1. The van der Waals surface area contributed by atoms with Crippen molar-refractivity contribution in [1.29, 1.82) is 0 Å². The Kier molecular flexibility index (Phi) is 6.34. The molecule has 0 atom stereocenters. The summed E-state index contributed by atoms with van der Waals surface area (Å²) in [6.07, 6.45) is 3.23. The third kappa shape index (κ3) is 4.27.